The van der Waals surface area contributed by atoms with E-state index in [2.05, 4.69) is 14.6 Å². The van der Waals surface area contributed by atoms with E-state index in [0.717, 1.165) is 70.6 Å². The minimum atomic E-state index is -3.82. The van der Waals surface area contributed by atoms with E-state index in [4.69, 9.17) is 0 Å². The van der Waals surface area contributed by atoms with Crippen LogP contribution in [0.25, 0.3) is 11.1 Å². The maximum absolute atomic E-state index is 13.4. The molecule has 0 atom stereocenters. The average Bonchev–Trinajstić information content (AvgIpc) is 3.21. The molecule has 2 fully saturated rings. The summed E-state index contributed by atoms with van der Waals surface area (Å²) >= 11 is 0. The van der Waals surface area contributed by atoms with Gasteiger partial charge in [0, 0.05) is 22.2 Å². The molecular weight excluding hydrogens is 522 g/mol. The quantitative estimate of drug-likeness (QED) is 0.268. The van der Waals surface area contributed by atoms with Gasteiger partial charge >= 0.3 is 0 Å². The first-order valence-corrected chi connectivity index (χ1v) is 16.6. The van der Waals surface area contributed by atoms with E-state index < -0.39 is 31.1 Å². The zero-order chi connectivity index (χ0) is 27.2. The summed E-state index contributed by atoms with van der Waals surface area (Å²) in [7, 11) is -7.63. The first-order valence-electron chi connectivity index (χ1n) is 13.6. The molecule has 3 aliphatic carbocycles. The van der Waals surface area contributed by atoms with Crippen LogP contribution in [0.5, 0.6) is 0 Å². The normalized spacial score (nSPS) is 21.7. The molecule has 10 heteroatoms. The lowest BCUT2D eigenvalue weighted by Gasteiger charge is -2.37. The van der Waals surface area contributed by atoms with Gasteiger partial charge in [-0.2, -0.15) is 0 Å². The summed E-state index contributed by atoms with van der Waals surface area (Å²) in [5.41, 5.74) is 1.54. The van der Waals surface area contributed by atoms with Crippen LogP contribution in [0.2, 0.25) is 0 Å². The van der Waals surface area contributed by atoms with Crippen LogP contribution in [0.4, 0.5) is 0 Å². The van der Waals surface area contributed by atoms with Gasteiger partial charge in [-0.25, -0.2) is 26.3 Å². The molecule has 0 bridgehead atoms. The first kappa shape index (κ1) is 27.3. The third kappa shape index (κ3) is 5.03. The Hall–Kier alpha value is -2.27. The smallest absolute Gasteiger partial charge is 0.241 e. The zero-order valence-corrected chi connectivity index (χ0v) is 23.7. The fraction of sp³-hybridized carbons (Fsp3) is 0.536. The van der Waals surface area contributed by atoms with E-state index in [0.29, 0.717) is 22.3 Å². The molecule has 2 aromatic carbocycles. The van der Waals surface area contributed by atoms with Gasteiger partial charge in [-0.3, -0.25) is 0 Å². The van der Waals surface area contributed by atoms with Crippen LogP contribution in [0.3, 0.4) is 0 Å². The van der Waals surface area contributed by atoms with Gasteiger partial charge in [-0.05, 0) is 74.4 Å². The van der Waals surface area contributed by atoms with Gasteiger partial charge in [0.2, 0.25) is 20.0 Å². The van der Waals surface area contributed by atoms with Crippen molar-refractivity contribution in [1.82, 2.24) is 9.44 Å². The lowest BCUT2D eigenvalue weighted by molar-refractivity contribution is 0.260. The molecule has 5 rings (SSSR count). The van der Waals surface area contributed by atoms with Crippen molar-refractivity contribution in [3.8, 4) is 11.1 Å². The minimum Gasteiger partial charge on any atom is -0.410 e. The van der Waals surface area contributed by atoms with Crippen LogP contribution in [0.1, 0.15) is 95.6 Å². The van der Waals surface area contributed by atoms with Crippen molar-refractivity contribution in [3.05, 3.63) is 47.5 Å². The number of sulfonamides is 2. The summed E-state index contributed by atoms with van der Waals surface area (Å²) in [6.07, 6.45) is 10.1. The second-order valence-corrected chi connectivity index (χ2v) is 14.8. The van der Waals surface area contributed by atoms with Gasteiger partial charge in [0.15, 0.2) is 0 Å². The van der Waals surface area contributed by atoms with E-state index in [1.807, 2.05) is 13.8 Å². The fourth-order valence-electron chi connectivity index (χ4n) is 6.41. The monoisotopic (exact) mass is 559 g/mol. The third-order valence-electron chi connectivity index (χ3n) is 8.68. The van der Waals surface area contributed by atoms with Crippen molar-refractivity contribution in [2.75, 3.05) is 0 Å². The van der Waals surface area contributed by atoms with Crippen molar-refractivity contribution in [1.29, 1.82) is 0 Å². The van der Waals surface area contributed by atoms with Crippen molar-refractivity contribution in [2.24, 2.45) is 5.16 Å². The molecule has 0 aromatic heterocycles. The highest BCUT2D eigenvalue weighted by Crippen LogP contribution is 2.40. The van der Waals surface area contributed by atoms with Crippen LogP contribution in [-0.2, 0) is 20.0 Å². The Kier molecular flexibility index (Phi) is 7.21. The largest absolute Gasteiger partial charge is 0.410 e. The van der Waals surface area contributed by atoms with E-state index in [-0.39, 0.29) is 15.5 Å². The maximum atomic E-state index is 13.4. The Morgan fingerprint density at radius 3 is 1.68 bits per heavy atom. The lowest BCUT2D eigenvalue weighted by Crippen LogP contribution is -2.49. The molecule has 0 aliphatic heterocycles. The predicted molar refractivity (Wildman–Crippen MR) is 148 cm³/mol. The van der Waals surface area contributed by atoms with Crippen molar-refractivity contribution in [3.63, 3.8) is 0 Å². The molecule has 0 saturated heterocycles. The second-order valence-electron chi connectivity index (χ2n) is 11.4. The van der Waals surface area contributed by atoms with Gasteiger partial charge in [-0.1, -0.05) is 62.7 Å². The maximum Gasteiger partial charge on any atom is 0.241 e. The van der Waals surface area contributed by atoms with Gasteiger partial charge < -0.3 is 5.21 Å². The number of benzene rings is 2. The van der Waals surface area contributed by atoms with Crippen LogP contribution >= 0.6 is 0 Å². The molecule has 0 heterocycles. The number of hydrogen-bond acceptors (Lipinski definition) is 6. The molecule has 2 saturated carbocycles. The van der Waals surface area contributed by atoms with E-state index >= 15 is 0 Å². The summed E-state index contributed by atoms with van der Waals surface area (Å²) in [4.78, 5) is 0.192. The summed E-state index contributed by atoms with van der Waals surface area (Å²) < 4.78 is 59.3. The molecular formula is C28H37N3O5S2. The molecule has 0 unspecified atom stereocenters. The highest BCUT2D eigenvalue weighted by atomic mass is 32.2. The van der Waals surface area contributed by atoms with Crippen molar-refractivity contribution >= 4 is 25.8 Å². The highest BCUT2D eigenvalue weighted by Gasteiger charge is 2.37. The number of nitrogens with one attached hydrogen (secondary N) is 2. The highest BCUT2D eigenvalue weighted by molar-refractivity contribution is 7.89. The van der Waals surface area contributed by atoms with E-state index in [1.165, 1.54) is 12.1 Å². The Labute approximate surface area is 226 Å². The zero-order valence-electron chi connectivity index (χ0n) is 22.1. The molecule has 3 aliphatic rings. The number of fused-ring (bicyclic) bond motifs is 3. The first-order chi connectivity index (χ1) is 18.0. The molecule has 38 heavy (non-hydrogen) atoms. The standard InChI is InChI=1S/C28H37N3O5S2/c1-3-28(16-8-5-9-17-28)31-38(35,36)21-11-13-23-22-12-10-20(18-24(22)26(29-32)25(23)19-21)37(33,34)30-27(2)14-6-4-7-15-27/h10-13,18-19,30-32H,3-9,14-17H2,1-2H3/b29-26+. The van der Waals surface area contributed by atoms with Crippen LogP contribution in [0.15, 0.2) is 51.3 Å². The number of nitrogens with zero attached hydrogens (tertiary/aromatic N) is 1. The predicted octanol–water partition coefficient (Wildman–Crippen LogP) is 5.29. The SMILES string of the molecule is CCC1(NS(=O)(=O)c2ccc3c(c2)/C(=N/O)c2cc(S(=O)(=O)NC4(C)CCCCC4)ccc2-3)CCCCC1. The van der Waals surface area contributed by atoms with E-state index in [9.17, 15) is 22.0 Å². The average molecular weight is 560 g/mol. The summed E-state index contributed by atoms with van der Waals surface area (Å²) in [5, 5.41) is 13.4. The van der Waals surface area contributed by atoms with E-state index in [1.54, 1.807) is 24.3 Å². The number of rotatable bonds is 7. The molecule has 3 N–H and O–H groups in total. The molecule has 0 spiro atoms. The third-order valence-corrected chi connectivity index (χ3v) is 11.9. The van der Waals surface area contributed by atoms with Crippen molar-refractivity contribution < 1.29 is 22.0 Å². The molecule has 0 amide bonds. The Balaban J connectivity index is 1.46. The summed E-state index contributed by atoms with van der Waals surface area (Å²) in [5.74, 6) is 0. The molecule has 2 aromatic rings. The van der Waals surface area contributed by atoms with Crippen LogP contribution < -0.4 is 9.44 Å². The molecule has 8 nitrogen and oxygen atoms in total. The lowest BCUT2D eigenvalue weighted by atomic mass is 9.81. The van der Waals surface area contributed by atoms with Gasteiger partial charge in [0.25, 0.3) is 0 Å². The van der Waals surface area contributed by atoms with Crippen molar-refractivity contribution in [2.45, 2.75) is 105 Å². The number of oxime groups is 1. The van der Waals surface area contributed by atoms with Gasteiger partial charge in [0.1, 0.15) is 5.71 Å². The molecule has 206 valence electrons. The topological polar surface area (TPSA) is 125 Å². The Bertz CT molecular complexity index is 1470. The van der Waals surface area contributed by atoms with Gasteiger partial charge in [-0.15, -0.1) is 0 Å². The number of hydrogen-bond donors (Lipinski definition) is 3. The Morgan fingerprint density at radius 2 is 1.21 bits per heavy atom. The summed E-state index contributed by atoms with van der Waals surface area (Å²) in [6, 6.07) is 9.56. The summed E-state index contributed by atoms with van der Waals surface area (Å²) in [6.45, 7) is 3.96. The molecule has 0 radical (unpaired) electrons. The van der Waals surface area contributed by atoms with Crippen LogP contribution in [0, 0.1) is 0 Å². The van der Waals surface area contributed by atoms with Crippen LogP contribution in [-0.4, -0.2) is 38.8 Å². The fourth-order valence-corrected chi connectivity index (χ4v) is 9.46. The van der Waals surface area contributed by atoms with Gasteiger partial charge in [0.05, 0.1) is 9.79 Å². The second kappa shape index (κ2) is 10.0. The minimum absolute atomic E-state index is 0.0914. The Morgan fingerprint density at radius 1 is 0.737 bits per heavy atom.